The van der Waals surface area contributed by atoms with E-state index in [1.54, 1.807) is 6.92 Å². The minimum Gasteiger partial charge on any atom is -0.494 e. The third-order valence-corrected chi connectivity index (χ3v) is 4.49. The number of aryl methyl sites for hydroxylation is 1. The molecule has 0 N–H and O–H groups in total. The van der Waals surface area contributed by atoms with Crippen molar-refractivity contribution in [3.63, 3.8) is 0 Å². The minimum atomic E-state index is -0.534. The van der Waals surface area contributed by atoms with Crippen LogP contribution in [0.5, 0.6) is 11.5 Å². The van der Waals surface area contributed by atoms with Gasteiger partial charge in [0.05, 0.1) is 12.3 Å². The molecule has 0 saturated carbocycles. The molecule has 0 aliphatic carbocycles. The Balaban J connectivity index is 1.51. The molecular weight excluding hydrogens is 344 g/mol. The first-order valence-corrected chi connectivity index (χ1v) is 9.30. The molecule has 1 aromatic carbocycles. The van der Waals surface area contributed by atoms with Crippen molar-refractivity contribution >= 4 is 11.7 Å². The number of amides is 1. The first-order valence-electron chi connectivity index (χ1n) is 9.30. The molecule has 0 radical (unpaired) electrons. The molecule has 7 nitrogen and oxygen atoms in total. The number of nitrogens with zero attached hydrogens (tertiary/aromatic N) is 4. The van der Waals surface area contributed by atoms with Crippen LogP contribution in [-0.2, 0) is 4.79 Å². The average molecular weight is 370 g/mol. The summed E-state index contributed by atoms with van der Waals surface area (Å²) in [6.07, 6.45) is -0.534. The lowest BCUT2D eigenvalue weighted by Gasteiger charge is -2.36. The summed E-state index contributed by atoms with van der Waals surface area (Å²) in [5.74, 6) is 2.30. The van der Waals surface area contributed by atoms with Crippen LogP contribution >= 0.6 is 0 Å². The molecule has 1 aliphatic heterocycles. The Hall–Kier alpha value is -2.83. The highest BCUT2D eigenvalue weighted by Crippen LogP contribution is 2.20. The van der Waals surface area contributed by atoms with E-state index in [0.717, 1.165) is 30.4 Å². The molecule has 1 fully saturated rings. The number of aromatic nitrogens is 2. The maximum Gasteiger partial charge on any atom is 0.263 e. The lowest BCUT2D eigenvalue weighted by Crippen LogP contribution is -2.52. The largest absolute Gasteiger partial charge is 0.494 e. The fourth-order valence-corrected chi connectivity index (χ4v) is 3.01. The first-order chi connectivity index (χ1) is 13.1. The molecule has 1 aliphatic rings. The fraction of sp³-hybridized carbons (Fsp3) is 0.450. The standard InChI is InChI=1S/C20H26N4O3/c1-4-26-17-6-8-18(9-7-17)27-16(3)20(25)24-13-11-23(12-14-24)19-10-5-15(2)21-22-19/h5-10,16H,4,11-14H2,1-3H3. The fourth-order valence-electron chi connectivity index (χ4n) is 3.01. The van der Waals surface area contributed by atoms with Gasteiger partial charge in [-0.15, -0.1) is 5.10 Å². The molecule has 1 aromatic heterocycles. The van der Waals surface area contributed by atoms with Gasteiger partial charge in [0.2, 0.25) is 0 Å². The van der Waals surface area contributed by atoms with Gasteiger partial charge in [0.1, 0.15) is 11.5 Å². The van der Waals surface area contributed by atoms with Gasteiger partial charge in [0.25, 0.3) is 5.91 Å². The predicted molar refractivity (Wildman–Crippen MR) is 103 cm³/mol. The monoisotopic (exact) mass is 370 g/mol. The van der Waals surface area contributed by atoms with E-state index in [1.165, 1.54) is 0 Å². The van der Waals surface area contributed by atoms with E-state index in [2.05, 4.69) is 15.1 Å². The Morgan fingerprint density at radius 3 is 2.30 bits per heavy atom. The van der Waals surface area contributed by atoms with Gasteiger partial charge in [0, 0.05) is 26.2 Å². The van der Waals surface area contributed by atoms with E-state index in [1.807, 2.05) is 55.1 Å². The van der Waals surface area contributed by atoms with Crippen LogP contribution in [0.15, 0.2) is 36.4 Å². The lowest BCUT2D eigenvalue weighted by atomic mass is 10.2. The van der Waals surface area contributed by atoms with E-state index in [9.17, 15) is 4.79 Å². The van der Waals surface area contributed by atoms with Crippen LogP contribution < -0.4 is 14.4 Å². The number of ether oxygens (including phenoxy) is 2. The third-order valence-electron chi connectivity index (χ3n) is 4.49. The Morgan fingerprint density at radius 1 is 1.04 bits per heavy atom. The molecule has 1 amide bonds. The molecule has 1 atom stereocenters. The number of hydrogen-bond acceptors (Lipinski definition) is 6. The van der Waals surface area contributed by atoms with Crippen molar-refractivity contribution in [2.75, 3.05) is 37.7 Å². The molecule has 3 rings (SSSR count). The molecular formula is C20H26N4O3. The summed E-state index contributed by atoms with van der Waals surface area (Å²) in [5, 5.41) is 8.32. The quantitative estimate of drug-likeness (QED) is 0.777. The van der Waals surface area contributed by atoms with Crippen LogP contribution in [0.2, 0.25) is 0 Å². The van der Waals surface area contributed by atoms with Crippen LogP contribution in [0.4, 0.5) is 5.82 Å². The Morgan fingerprint density at radius 2 is 1.70 bits per heavy atom. The number of carbonyl (C=O) groups excluding carboxylic acids is 1. The average Bonchev–Trinajstić information content (AvgIpc) is 2.70. The minimum absolute atomic E-state index is 0.00137. The van der Waals surface area contributed by atoms with Gasteiger partial charge in [-0.05, 0) is 57.2 Å². The molecule has 2 aromatic rings. The summed E-state index contributed by atoms with van der Waals surface area (Å²) >= 11 is 0. The molecule has 7 heteroatoms. The SMILES string of the molecule is CCOc1ccc(OC(C)C(=O)N2CCN(c3ccc(C)nn3)CC2)cc1. The number of hydrogen-bond donors (Lipinski definition) is 0. The van der Waals surface area contributed by atoms with Crippen molar-refractivity contribution < 1.29 is 14.3 Å². The molecule has 1 saturated heterocycles. The summed E-state index contributed by atoms with van der Waals surface area (Å²) in [5.41, 5.74) is 0.896. The Labute approximate surface area is 159 Å². The highest BCUT2D eigenvalue weighted by atomic mass is 16.5. The summed E-state index contributed by atoms with van der Waals surface area (Å²) in [6.45, 7) is 9.02. The number of carbonyl (C=O) groups is 1. The van der Waals surface area contributed by atoms with Crippen molar-refractivity contribution in [3.8, 4) is 11.5 Å². The molecule has 27 heavy (non-hydrogen) atoms. The third kappa shape index (κ3) is 4.87. The number of anilines is 1. The smallest absolute Gasteiger partial charge is 0.263 e. The van der Waals surface area contributed by atoms with E-state index in [0.29, 0.717) is 25.4 Å². The highest BCUT2D eigenvalue weighted by Gasteiger charge is 2.26. The normalized spacial score (nSPS) is 15.4. The van der Waals surface area contributed by atoms with Crippen molar-refractivity contribution in [1.29, 1.82) is 0 Å². The number of benzene rings is 1. The van der Waals surface area contributed by atoms with Crippen LogP contribution in [0.25, 0.3) is 0 Å². The van der Waals surface area contributed by atoms with Gasteiger partial charge >= 0.3 is 0 Å². The summed E-state index contributed by atoms with van der Waals surface area (Å²) in [6, 6.07) is 11.3. The number of rotatable bonds is 6. The Bertz CT molecular complexity index is 741. The second-order valence-corrected chi connectivity index (χ2v) is 6.51. The predicted octanol–water partition coefficient (Wildman–Crippen LogP) is 2.30. The van der Waals surface area contributed by atoms with E-state index in [4.69, 9.17) is 9.47 Å². The zero-order valence-corrected chi connectivity index (χ0v) is 16.1. The van der Waals surface area contributed by atoms with Crippen molar-refractivity contribution in [2.45, 2.75) is 26.9 Å². The maximum atomic E-state index is 12.7. The molecule has 0 spiro atoms. The zero-order valence-electron chi connectivity index (χ0n) is 16.1. The first kappa shape index (κ1) is 18.9. The Kier molecular flexibility index (Phi) is 6.11. The molecule has 0 bridgehead atoms. The second-order valence-electron chi connectivity index (χ2n) is 6.51. The van der Waals surface area contributed by atoms with Gasteiger partial charge in [-0.25, -0.2) is 0 Å². The van der Waals surface area contributed by atoms with E-state index in [-0.39, 0.29) is 5.91 Å². The molecule has 144 valence electrons. The van der Waals surface area contributed by atoms with E-state index < -0.39 is 6.10 Å². The van der Waals surface area contributed by atoms with Crippen molar-refractivity contribution in [3.05, 3.63) is 42.1 Å². The summed E-state index contributed by atoms with van der Waals surface area (Å²) in [7, 11) is 0. The van der Waals surface area contributed by atoms with Crippen LogP contribution in [0.3, 0.4) is 0 Å². The lowest BCUT2D eigenvalue weighted by molar-refractivity contribution is -0.138. The van der Waals surface area contributed by atoms with Gasteiger partial charge in [-0.3, -0.25) is 4.79 Å². The van der Waals surface area contributed by atoms with Gasteiger partial charge in [-0.1, -0.05) is 0 Å². The van der Waals surface area contributed by atoms with Gasteiger partial charge in [0.15, 0.2) is 11.9 Å². The van der Waals surface area contributed by atoms with Crippen molar-refractivity contribution in [2.24, 2.45) is 0 Å². The van der Waals surface area contributed by atoms with Crippen LogP contribution in [-0.4, -0.2) is 59.9 Å². The summed E-state index contributed by atoms with van der Waals surface area (Å²) in [4.78, 5) is 16.7. The summed E-state index contributed by atoms with van der Waals surface area (Å²) < 4.78 is 11.2. The van der Waals surface area contributed by atoms with Gasteiger partial charge < -0.3 is 19.3 Å². The topological polar surface area (TPSA) is 67.8 Å². The second kappa shape index (κ2) is 8.70. The van der Waals surface area contributed by atoms with Crippen LogP contribution in [0.1, 0.15) is 19.5 Å². The highest BCUT2D eigenvalue weighted by molar-refractivity contribution is 5.81. The van der Waals surface area contributed by atoms with Crippen molar-refractivity contribution in [1.82, 2.24) is 15.1 Å². The van der Waals surface area contributed by atoms with E-state index >= 15 is 0 Å². The molecule has 1 unspecified atom stereocenters. The maximum absolute atomic E-state index is 12.7. The number of piperazine rings is 1. The van der Waals surface area contributed by atoms with Gasteiger partial charge in [-0.2, -0.15) is 5.10 Å². The zero-order chi connectivity index (χ0) is 19.2. The molecule has 2 heterocycles. The van der Waals surface area contributed by atoms with Crippen LogP contribution in [0, 0.1) is 6.92 Å².